The Balaban J connectivity index is 3.98. The quantitative estimate of drug-likeness (QED) is 0.641. The van der Waals surface area contributed by atoms with Crippen LogP contribution in [0.5, 0.6) is 0 Å². The number of carbonyl (C=O) groups excluding carboxylic acids is 1. The molecule has 2 N–H and O–H groups in total. The molecule has 0 saturated carbocycles. The number of thioether (sulfide) groups is 1. The number of nitrogens with one attached hydrogen (secondary N) is 1. The summed E-state index contributed by atoms with van der Waals surface area (Å²) in [6.45, 7) is 5.91. The van der Waals surface area contributed by atoms with E-state index in [0.29, 0.717) is 12.8 Å². The lowest BCUT2D eigenvalue weighted by molar-refractivity contribution is -0.142. The van der Waals surface area contributed by atoms with Gasteiger partial charge in [0.15, 0.2) is 0 Å². The van der Waals surface area contributed by atoms with Crippen molar-refractivity contribution in [3.63, 3.8) is 0 Å². The van der Waals surface area contributed by atoms with Gasteiger partial charge in [0, 0.05) is 12.2 Å². The summed E-state index contributed by atoms with van der Waals surface area (Å²) in [6.07, 6.45) is 0.863. The third-order valence-corrected chi connectivity index (χ3v) is 2.92. The molecule has 0 aromatic rings. The van der Waals surface area contributed by atoms with Gasteiger partial charge in [0.05, 0.1) is 0 Å². The highest BCUT2D eigenvalue weighted by atomic mass is 32.2. The highest BCUT2D eigenvalue weighted by Crippen LogP contribution is 2.06. The molecule has 1 unspecified atom stereocenters. The first-order valence-electron chi connectivity index (χ1n) is 5.57. The fraction of sp³-hybridized carbons (Fsp3) is 0.818. The molecule has 0 radical (unpaired) electrons. The predicted octanol–water partition coefficient (Wildman–Crippen LogP) is 1.75. The Hall–Kier alpha value is -0.710. The van der Waals surface area contributed by atoms with Crippen molar-refractivity contribution in [2.24, 2.45) is 5.92 Å². The van der Waals surface area contributed by atoms with Crippen LogP contribution in [0.3, 0.4) is 0 Å². The summed E-state index contributed by atoms with van der Waals surface area (Å²) < 4.78 is 0. The van der Waals surface area contributed by atoms with Crippen molar-refractivity contribution in [3.8, 4) is 0 Å². The van der Waals surface area contributed by atoms with Crippen molar-refractivity contribution in [1.29, 1.82) is 0 Å². The average Bonchev–Trinajstić information content (AvgIpc) is 2.16. The van der Waals surface area contributed by atoms with Crippen LogP contribution >= 0.6 is 11.8 Å². The Morgan fingerprint density at radius 1 is 1.38 bits per heavy atom. The molecule has 0 heterocycles. The van der Waals surface area contributed by atoms with Gasteiger partial charge in [0.2, 0.25) is 5.91 Å². The van der Waals surface area contributed by atoms with Crippen LogP contribution in [-0.4, -0.2) is 34.5 Å². The van der Waals surface area contributed by atoms with E-state index in [2.05, 4.69) is 5.32 Å². The third-order valence-electron chi connectivity index (χ3n) is 2.02. The van der Waals surface area contributed by atoms with Crippen molar-refractivity contribution >= 4 is 23.6 Å². The first kappa shape index (κ1) is 15.3. The van der Waals surface area contributed by atoms with Crippen molar-refractivity contribution in [1.82, 2.24) is 5.32 Å². The Morgan fingerprint density at radius 2 is 2.00 bits per heavy atom. The van der Waals surface area contributed by atoms with Gasteiger partial charge in [-0.15, -0.1) is 0 Å². The number of carboxylic acid groups (broad SMARTS) is 1. The maximum absolute atomic E-state index is 11.4. The second kappa shape index (κ2) is 8.44. The Labute approximate surface area is 101 Å². The zero-order valence-corrected chi connectivity index (χ0v) is 11.0. The second-order valence-corrected chi connectivity index (χ2v) is 5.43. The lowest BCUT2D eigenvalue weighted by Gasteiger charge is -2.16. The molecule has 1 amide bonds. The molecule has 0 aliphatic heterocycles. The van der Waals surface area contributed by atoms with E-state index in [1.807, 2.05) is 20.8 Å². The molecule has 4 nitrogen and oxygen atoms in total. The van der Waals surface area contributed by atoms with E-state index >= 15 is 0 Å². The SMILES string of the molecule is CCSCCC(=O)NC(CC(C)C)C(=O)O. The molecule has 5 heteroatoms. The molecule has 0 spiro atoms. The molecule has 1 atom stereocenters. The molecule has 0 bridgehead atoms. The molecule has 0 saturated heterocycles. The van der Waals surface area contributed by atoms with Crippen LogP contribution in [0.25, 0.3) is 0 Å². The van der Waals surface area contributed by atoms with Crippen LogP contribution in [0.15, 0.2) is 0 Å². The number of carbonyl (C=O) groups is 2. The van der Waals surface area contributed by atoms with E-state index in [4.69, 9.17) is 5.11 Å². The van der Waals surface area contributed by atoms with Crippen molar-refractivity contribution in [3.05, 3.63) is 0 Å². The zero-order chi connectivity index (χ0) is 12.6. The van der Waals surface area contributed by atoms with E-state index in [-0.39, 0.29) is 11.8 Å². The van der Waals surface area contributed by atoms with E-state index in [1.165, 1.54) is 0 Å². The maximum Gasteiger partial charge on any atom is 0.326 e. The number of carboxylic acids is 1. The highest BCUT2D eigenvalue weighted by molar-refractivity contribution is 7.99. The minimum absolute atomic E-state index is 0.172. The summed E-state index contributed by atoms with van der Waals surface area (Å²) >= 11 is 1.68. The van der Waals surface area contributed by atoms with Gasteiger partial charge in [-0.1, -0.05) is 20.8 Å². The van der Waals surface area contributed by atoms with Crippen molar-refractivity contribution < 1.29 is 14.7 Å². The number of hydrogen-bond acceptors (Lipinski definition) is 3. The molecule has 94 valence electrons. The zero-order valence-electron chi connectivity index (χ0n) is 10.2. The van der Waals surface area contributed by atoms with Crippen LogP contribution in [0.1, 0.15) is 33.6 Å². The first-order valence-corrected chi connectivity index (χ1v) is 6.72. The van der Waals surface area contributed by atoms with Gasteiger partial charge >= 0.3 is 5.97 Å². The average molecular weight is 247 g/mol. The molecule has 0 fully saturated rings. The molecule has 16 heavy (non-hydrogen) atoms. The fourth-order valence-electron chi connectivity index (χ4n) is 1.27. The summed E-state index contributed by atoms with van der Waals surface area (Å²) in [4.78, 5) is 22.3. The van der Waals surface area contributed by atoms with Crippen LogP contribution in [0.4, 0.5) is 0 Å². The normalized spacial score (nSPS) is 12.5. The first-order chi connectivity index (χ1) is 7.47. The predicted molar refractivity (Wildman–Crippen MR) is 66.6 cm³/mol. The van der Waals surface area contributed by atoms with Crippen molar-refractivity contribution in [2.45, 2.75) is 39.7 Å². The highest BCUT2D eigenvalue weighted by Gasteiger charge is 2.20. The number of amides is 1. The summed E-state index contributed by atoms with van der Waals surface area (Å²) in [5.41, 5.74) is 0. The molecular weight excluding hydrogens is 226 g/mol. The minimum Gasteiger partial charge on any atom is -0.480 e. The Morgan fingerprint density at radius 3 is 2.44 bits per heavy atom. The number of rotatable bonds is 8. The van der Waals surface area contributed by atoms with Gasteiger partial charge < -0.3 is 10.4 Å². The standard InChI is InChI=1S/C11H21NO3S/c1-4-16-6-5-10(13)12-9(11(14)15)7-8(2)3/h8-9H,4-7H2,1-3H3,(H,12,13)(H,14,15). The number of hydrogen-bond donors (Lipinski definition) is 2. The molecule has 0 aromatic heterocycles. The monoisotopic (exact) mass is 247 g/mol. The molecule has 0 rings (SSSR count). The topological polar surface area (TPSA) is 66.4 Å². The molecule has 0 aliphatic rings. The number of aliphatic carboxylic acids is 1. The largest absolute Gasteiger partial charge is 0.480 e. The smallest absolute Gasteiger partial charge is 0.326 e. The maximum atomic E-state index is 11.4. The van der Waals surface area contributed by atoms with Gasteiger partial charge in [-0.2, -0.15) is 11.8 Å². The molecule has 0 aromatic carbocycles. The van der Waals surface area contributed by atoms with Crippen LogP contribution < -0.4 is 5.32 Å². The van der Waals surface area contributed by atoms with E-state index < -0.39 is 12.0 Å². The summed E-state index contributed by atoms with van der Waals surface area (Å²) in [7, 11) is 0. The molecule has 0 aliphatic carbocycles. The Bertz CT molecular complexity index is 231. The summed E-state index contributed by atoms with van der Waals surface area (Å²) in [6, 6.07) is -0.751. The van der Waals surface area contributed by atoms with Gasteiger partial charge in [0.1, 0.15) is 6.04 Å². The summed E-state index contributed by atoms with van der Waals surface area (Å²) in [5, 5.41) is 11.5. The van der Waals surface area contributed by atoms with Gasteiger partial charge in [-0.05, 0) is 18.1 Å². The minimum atomic E-state index is -0.954. The van der Waals surface area contributed by atoms with Gasteiger partial charge in [-0.3, -0.25) is 4.79 Å². The molecular formula is C11H21NO3S. The van der Waals surface area contributed by atoms with E-state index in [0.717, 1.165) is 11.5 Å². The van der Waals surface area contributed by atoms with Gasteiger partial charge in [-0.25, -0.2) is 4.79 Å². The van der Waals surface area contributed by atoms with Crippen molar-refractivity contribution in [2.75, 3.05) is 11.5 Å². The lowest BCUT2D eigenvalue weighted by Crippen LogP contribution is -2.41. The lowest BCUT2D eigenvalue weighted by atomic mass is 10.0. The summed E-state index contributed by atoms with van der Waals surface area (Å²) in [5.74, 6) is 0.850. The van der Waals surface area contributed by atoms with Crippen LogP contribution in [0, 0.1) is 5.92 Å². The van der Waals surface area contributed by atoms with E-state index in [9.17, 15) is 9.59 Å². The van der Waals surface area contributed by atoms with E-state index in [1.54, 1.807) is 11.8 Å². The fourth-order valence-corrected chi connectivity index (χ4v) is 1.89. The van der Waals surface area contributed by atoms with Crippen LogP contribution in [-0.2, 0) is 9.59 Å². The Kier molecular flexibility index (Phi) is 8.07. The second-order valence-electron chi connectivity index (χ2n) is 4.03. The third kappa shape index (κ3) is 7.56. The van der Waals surface area contributed by atoms with Crippen LogP contribution in [0.2, 0.25) is 0 Å². The van der Waals surface area contributed by atoms with Gasteiger partial charge in [0.25, 0.3) is 0 Å².